The molecule has 12 heteroatoms. The number of hydrogen-bond donors (Lipinski definition) is 3. The van der Waals surface area contributed by atoms with Gasteiger partial charge in [0.05, 0.1) is 18.8 Å². The van der Waals surface area contributed by atoms with E-state index in [-0.39, 0.29) is 12.3 Å². The summed E-state index contributed by atoms with van der Waals surface area (Å²) in [5, 5.41) is 13.3. The zero-order valence-electron chi connectivity index (χ0n) is 20.5. The smallest absolute Gasteiger partial charge is 0.245 e. The summed E-state index contributed by atoms with van der Waals surface area (Å²) in [6, 6.07) is 10.6. The molecule has 1 saturated carbocycles. The maximum Gasteiger partial charge on any atom is 0.245 e. The van der Waals surface area contributed by atoms with Crippen LogP contribution in [0.15, 0.2) is 46.5 Å². The number of rotatable bonds is 10. The number of hydrogen-bond acceptors (Lipinski definition) is 7. The van der Waals surface area contributed by atoms with Crippen molar-refractivity contribution < 1.29 is 18.0 Å². The molecule has 8 nitrogen and oxygen atoms in total. The number of H-pyrrole nitrogens is 1. The Hall–Kier alpha value is -3.28. The highest BCUT2D eigenvalue weighted by atomic mass is 32.2. The van der Waals surface area contributed by atoms with Crippen LogP contribution in [0.4, 0.5) is 36.3 Å². The summed E-state index contributed by atoms with van der Waals surface area (Å²) in [4.78, 5) is 24.0. The largest absolute Gasteiger partial charge is 0.350 e. The lowest BCUT2D eigenvalue weighted by atomic mass is 9.91. The van der Waals surface area contributed by atoms with Gasteiger partial charge in [0.15, 0.2) is 5.16 Å². The quantitative estimate of drug-likeness (QED) is 0.288. The van der Waals surface area contributed by atoms with Gasteiger partial charge in [-0.1, -0.05) is 0 Å². The topological polar surface area (TPSA) is 98.8 Å². The Bertz CT molecular complexity index is 1270. The lowest BCUT2D eigenvalue weighted by Crippen LogP contribution is -2.60. The predicted molar refractivity (Wildman–Crippen MR) is 136 cm³/mol. The summed E-state index contributed by atoms with van der Waals surface area (Å²) in [7, 11) is 0. The Balaban J connectivity index is 1.28. The zero-order valence-corrected chi connectivity index (χ0v) is 21.3. The van der Waals surface area contributed by atoms with Crippen molar-refractivity contribution in [3.63, 3.8) is 0 Å². The molecule has 3 N–H and O–H groups in total. The summed E-state index contributed by atoms with van der Waals surface area (Å²) in [5.74, 6) is -1.32. The second-order valence-corrected chi connectivity index (χ2v) is 10.9. The van der Waals surface area contributed by atoms with Gasteiger partial charge in [-0.2, -0.15) is 5.10 Å². The van der Waals surface area contributed by atoms with Crippen molar-refractivity contribution in [2.24, 2.45) is 5.92 Å². The molecule has 0 atom stereocenters. The Morgan fingerprint density at radius 2 is 1.95 bits per heavy atom. The number of nitrogens with zero attached hydrogens (tertiary/aromatic N) is 4. The number of aromatic amines is 1. The van der Waals surface area contributed by atoms with Crippen molar-refractivity contribution >= 4 is 40.8 Å². The Morgan fingerprint density at radius 3 is 2.57 bits per heavy atom. The Morgan fingerprint density at radius 1 is 1.22 bits per heavy atom. The summed E-state index contributed by atoms with van der Waals surface area (Å²) >= 11 is 1.32. The number of nitrogens with one attached hydrogen (secondary N) is 3. The van der Waals surface area contributed by atoms with Crippen LogP contribution in [0.5, 0.6) is 0 Å². The summed E-state index contributed by atoms with van der Waals surface area (Å²) < 4.78 is 40.9. The summed E-state index contributed by atoms with van der Waals surface area (Å²) in [6.07, 6.45) is 1.13. The molecule has 2 aromatic heterocycles. The van der Waals surface area contributed by atoms with E-state index in [1.807, 2.05) is 17.9 Å². The van der Waals surface area contributed by atoms with Gasteiger partial charge in [0.1, 0.15) is 23.1 Å². The van der Waals surface area contributed by atoms with Gasteiger partial charge in [-0.3, -0.25) is 9.89 Å². The van der Waals surface area contributed by atoms with E-state index in [9.17, 15) is 18.0 Å². The van der Waals surface area contributed by atoms with Crippen molar-refractivity contribution in [3.05, 3.63) is 42.1 Å². The van der Waals surface area contributed by atoms with E-state index in [0.717, 1.165) is 30.4 Å². The van der Waals surface area contributed by atoms with Crippen LogP contribution >= 0.6 is 11.8 Å². The molecule has 1 saturated heterocycles. The second-order valence-electron chi connectivity index (χ2n) is 9.85. The van der Waals surface area contributed by atoms with E-state index in [1.54, 1.807) is 30.3 Å². The van der Waals surface area contributed by atoms with Crippen LogP contribution in [0.2, 0.25) is 0 Å². The molecule has 1 aromatic carbocycles. The van der Waals surface area contributed by atoms with Crippen molar-refractivity contribution in [1.82, 2.24) is 20.2 Å². The Labute approximate surface area is 216 Å². The molecule has 0 bridgehead atoms. The average molecular weight is 532 g/mol. The predicted octanol–water partition coefficient (Wildman–Crippen LogP) is 5.72. The van der Waals surface area contributed by atoms with E-state index in [4.69, 9.17) is 0 Å². The highest BCUT2D eigenvalue weighted by Gasteiger charge is 2.54. The minimum absolute atomic E-state index is 0.155. The molecule has 2 aliphatic rings. The minimum Gasteiger partial charge on any atom is -0.350 e. The van der Waals surface area contributed by atoms with E-state index in [2.05, 4.69) is 30.8 Å². The number of carbonyl (C=O) groups is 1. The zero-order chi connectivity index (χ0) is 26.2. The summed E-state index contributed by atoms with van der Waals surface area (Å²) in [5.41, 5.74) is 0.205. The molecule has 196 valence electrons. The molecule has 1 aliphatic carbocycles. The number of anilines is 4. The van der Waals surface area contributed by atoms with Gasteiger partial charge in [0.2, 0.25) is 11.8 Å². The fourth-order valence-corrected chi connectivity index (χ4v) is 4.95. The third-order valence-corrected chi connectivity index (χ3v) is 7.21. The first kappa shape index (κ1) is 25.4. The van der Waals surface area contributed by atoms with Crippen molar-refractivity contribution in [2.45, 2.75) is 61.2 Å². The molecule has 3 heterocycles. The van der Waals surface area contributed by atoms with E-state index in [1.165, 1.54) is 11.8 Å². The molecule has 3 aromatic rings. The molecule has 37 heavy (non-hydrogen) atoms. The van der Waals surface area contributed by atoms with Gasteiger partial charge in [0, 0.05) is 35.6 Å². The fourth-order valence-electron chi connectivity index (χ4n) is 4.19. The highest BCUT2D eigenvalue weighted by molar-refractivity contribution is 7.99. The first-order valence-corrected chi connectivity index (χ1v) is 12.9. The third-order valence-electron chi connectivity index (χ3n) is 6.34. The van der Waals surface area contributed by atoms with Gasteiger partial charge in [-0.15, -0.1) is 0 Å². The molecule has 0 spiro atoms. The maximum absolute atomic E-state index is 15.0. The molecular weight excluding hydrogens is 503 g/mol. The van der Waals surface area contributed by atoms with Gasteiger partial charge < -0.3 is 15.5 Å². The van der Waals surface area contributed by atoms with Crippen LogP contribution < -0.4 is 15.5 Å². The van der Waals surface area contributed by atoms with Gasteiger partial charge >= 0.3 is 0 Å². The fraction of sp³-hybridized carbons (Fsp3) is 0.440. The van der Waals surface area contributed by atoms with Crippen LogP contribution in [0.25, 0.3) is 0 Å². The van der Waals surface area contributed by atoms with Crippen LogP contribution in [0.1, 0.15) is 38.3 Å². The number of carbonyl (C=O) groups excluding carboxylic acids is 1. The standard InChI is InChI=1S/C25H28F3N7OS/c1-15-11-20(34-33-15)30-19-12-21(35-13-25(28,14-35)16-3-4-16)32-23(31-19)37-18-7-5-17(6-8-18)29-22(36)9-10-24(2,26)27/h5-8,11-12,16H,3-4,9-10,13-14H2,1-2H3,(H,29,36)(H2,30,31,32,33,34). The number of benzene rings is 1. The van der Waals surface area contributed by atoms with Crippen LogP contribution in [-0.2, 0) is 4.79 Å². The second kappa shape index (κ2) is 9.88. The van der Waals surface area contributed by atoms with E-state index in [0.29, 0.717) is 41.4 Å². The molecule has 5 rings (SSSR count). The molecule has 0 radical (unpaired) electrons. The van der Waals surface area contributed by atoms with Crippen molar-refractivity contribution in [1.29, 1.82) is 0 Å². The van der Waals surface area contributed by atoms with Gasteiger partial charge in [0.25, 0.3) is 0 Å². The number of alkyl halides is 3. The molecule has 1 aliphatic heterocycles. The molecule has 1 amide bonds. The first-order valence-electron chi connectivity index (χ1n) is 12.1. The number of aryl methyl sites for hydroxylation is 1. The van der Waals surface area contributed by atoms with Crippen LogP contribution in [-0.4, -0.2) is 50.8 Å². The minimum atomic E-state index is -2.88. The van der Waals surface area contributed by atoms with Crippen molar-refractivity contribution in [2.75, 3.05) is 28.6 Å². The molecule has 0 unspecified atom stereocenters. The first-order chi connectivity index (χ1) is 17.5. The normalized spacial score (nSPS) is 16.8. The van der Waals surface area contributed by atoms with E-state index < -0.39 is 23.9 Å². The van der Waals surface area contributed by atoms with Crippen LogP contribution in [0, 0.1) is 12.8 Å². The number of aromatic nitrogens is 4. The highest BCUT2D eigenvalue weighted by Crippen LogP contribution is 2.48. The maximum atomic E-state index is 15.0. The van der Waals surface area contributed by atoms with Gasteiger partial charge in [-0.25, -0.2) is 23.1 Å². The molecule has 2 fully saturated rings. The Kier molecular flexibility index (Phi) is 6.78. The summed E-state index contributed by atoms with van der Waals surface area (Å²) in [6.45, 7) is 3.31. The van der Waals surface area contributed by atoms with E-state index >= 15 is 0 Å². The molecular formula is C25H28F3N7OS. The number of halogens is 3. The third kappa shape index (κ3) is 6.54. The number of amides is 1. The SMILES string of the molecule is Cc1cc(Nc2cc(N3CC(F)(C4CC4)C3)nc(Sc3ccc(NC(=O)CCC(C)(F)F)cc3)n2)[nH]n1. The van der Waals surface area contributed by atoms with Crippen LogP contribution in [0.3, 0.4) is 0 Å². The van der Waals surface area contributed by atoms with Gasteiger partial charge in [-0.05, 0) is 68.6 Å². The monoisotopic (exact) mass is 531 g/mol. The average Bonchev–Trinajstić information content (AvgIpc) is 3.59. The lowest BCUT2D eigenvalue weighted by Gasteiger charge is -2.45. The van der Waals surface area contributed by atoms with Crippen molar-refractivity contribution in [3.8, 4) is 0 Å². The lowest BCUT2D eigenvalue weighted by molar-refractivity contribution is -0.118.